The van der Waals surface area contributed by atoms with E-state index in [0.717, 1.165) is 0 Å². The Kier molecular flexibility index (Phi) is 4.17. The minimum Gasteiger partial charge on any atom is -0.350 e. The van der Waals surface area contributed by atoms with Crippen molar-refractivity contribution in [1.82, 2.24) is 4.57 Å². The number of fused-ring (bicyclic) bond motifs is 1. The number of aryl methyl sites for hydroxylation is 2. The molecule has 0 amide bonds. The fraction of sp³-hybridized carbons (Fsp3) is 0.467. The van der Waals surface area contributed by atoms with Crippen molar-refractivity contribution in [3.63, 3.8) is 0 Å². The molecule has 0 bridgehead atoms. The van der Waals surface area contributed by atoms with Crippen molar-refractivity contribution in [3.05, 3.63) is 35.5 Å². The van der Waals surface area contributed by atoms with Gasteiger partial charge >= 0.3 is 0 Å². The van der Waals surface area contributed by atoms with Crippen molar-refractivity contribution in [2.24, 2.45) is 7.05 Å². The van der Waals surface area contributed by atoms with Gasteiger partial charge < -0.3 is 4.57 Å². The topological polar surface area (TPSA) is 4.93 Å². The molecule has 0 aliphatic rings. The number of hydrogen-bond acceptors (Lipinski definition) is 0. The molecule has 2 rings (SSSR count). The van der Waals surface area contributed by atoms with Crippen LogP contribution in [0.2, 0.25) is 0 Å². The van der Waals surface area contributed by atoms with Crippen molar-refractivity contribution in [2.75, 3.05) is 0 Å². The molecule has 1 aromatic heterocycles. The van der Waals surface area contributed by atoms with E-state index in [2.05, 4.69) is 56.8 Å². The third-order valence-corrected chi connectivity index (χ3v) is 2.89. The molecule has 0 aliphatic carbocycles. The van der Waals surface area contributed by atoms with Gasteiger partial charge in [0.1, 0.15) is 0 Å². The van der Waals surface area contributed by atoms with Crippen molar-refractivity contribution in [3.8, 4) is 0 Å². The molecule has 0 atom stereocenters. The SMILES string of the molecule is CC.Cc1ccc(C(C)C)c2ccn(C)c12. The zero-order chi connectivity index (χ0) is 12.3. The monoisotopic (exact) mass is 217 g/mol. The molecule has 0 spiro atoms. The zero-order valence-corrected chi connectivity index (χ0v) is 11.3. The van der Waals surface area contributed by atoms with Gasteiger partial charge in [-0.3, -0.25) is 0 Å². The molecular weight excluding hydrogens is 194 g/mol. The zero-order valence-electron chi connectivity index (χ0n) is 11.3. The van der Waals surface area contributed by atoms with Gasteiger partial charge in [0, 0.05) is 18.6 Å². The van der Waals surface area contributed by atoms with E-state index < -0.39 is 0 Å². The second-order valence-corrected chi connectivity index (χ2v) is 4.32. The Morgan fingerprint density at radius 2 is 1.69 bits per heavy atom. The first kappa shape index (κ1) is 12.8. The summed E-state index contributed by atoms with van der Waals surface area (Å²) in [6, 6.07) is 6.69. The van der Waals surface area contributed by atoms with E-state index in [1.54, 1.807) is 0 Å². The Morgan fingerprint density at radius 1 is 1.06 bits per heavy atom. The lowest BCUT2D eigenvalue weighted by Crippen LogP contribution is -1.92. The Bertz CT molecular complexity index is 463. The van der Waals surface area contributed by atoms with E-state index in [0.29, 0.717) is 5.92 Å². The molecule has 2 aromatic rings. The summed E-state index contributed by atoms with van der Waals surface area (Å²) in [7, 11) is 2.11. The normalized spacial score (nSPS) is 10.4. The van der Waals surface area contributed by atoms with E-state index in [-0.39, 0.29) is 0 Å². The van der Waals surface area contributed by atoms with Crippen LogP contribution in [0.4, 0.5) is 0 Å². The summed E-state index contributed by atoms with van der Waals surface area (Å²) in [6.45, 7) is 10.7. The maximum absolute atomic E-state index is 2.25. The molecule has 0 aliphatic heterocycles. The van der Waals surface area contributed by atoms with E-state index in [1.165, 1.54) is 22.0 Å². The molecular formula is C15H23N. The third kappa shape index (κ3) is 2.13. The molecule has 0 saturated carbocycles. The van der Waals surface area contributed by atoms with Gasteiger partial charge in [-0.25, -0.2) is 0 Å². The van der Waals surface area contributed by atoms with E-state index >= 15 is 0 Å². The van der Waals surface area contributed by atoms with E-state index in [1.807, 2.05) is 13.8 Å². The Hall–Kier alpha value is -1.24. The summed E-state index contributed by atoms with van der Waals surface area (Å²) < 4.78 is 2.20. The number of benzene rings is 1. The summed E-state index contributed by atoms with van der Waals surface area (Å²) in [5, 5.41) is 1.41. The molecule has 0 fully saturated rings. The summed E-state index contributed by atoms with van der Waals surface area (Å²) in [6.07, 6.45) is 2.14. The van der Waals surface area contributed by atoms with Gasteiger partial charge in [-0.2, -0.15) is 0 Å². The van der Waals surface area contributed by atoms with Crippen LogP contribution in [-0.4, -0.2) is 4.57 Å². The highest BCUT2D eigenvalue weighted by atomic mass is 14.9. The predicted molar refractivity (Wildman–Crippen MR) is 73.1 cm³/mol. The van der Waals surface area contributed by atoms with E-state index in [4.69, 9.17) is 0 Å². The van der Waals surface area contributed by atoms with Crippen molar-refractivity contribution in [1.29, 1.82) is 0 Å². The lowest BCUT2D eigenvalue weighted by Gasteiger charge is -2.09. The molecule has 0 saturated heterocycles. The van der Waals surface area contributed by atoms with Crippen molar-refractivity contribution >= 4 is 10.9 Å². The average molecular weight is 217 g/mol. The second-order valence-electron chi connectivity index (χ2n) is 4.32. The predicted octanol–water partition coefficient (Wildman–Crippen LogP) is 4.64. The van der Waals surface area contributed by atoms with Crippen LogP contribution < -0.4 is 0 Å². The highest BCUT2D eigenvalue weighted by Gasteiger charge is 2.08. The lowest BCUT2D eigenvalue weighted by molar-refractivity contribution is 0.875. The maximum Gasteiger partial charge on any atom is 0.0510 e. The molecule has 0 unspecified atom stereocenters. The minimum absolute atomic E-state index is 0.598. The van der Waals surface area contributed by atoms with Gasteiger partial charge in [-0.15, -0.1) is 0 Å². The minimum atomic E-state index is 0.598. The average Bonchev–Trinajstić information content (AvgIpc) is 2.65. The maximum atomic E-state index is 2.25. The Labute approximate surface area is 99.1 Å². The number of aromatic nitrogens is 1. The first-order valence-electron chi connectivity index (χ1n) is 6.16. The van der Waals surface area contributed by atoms with Crippen LogP contribution >= 0.6 is 0 Å². The van der Waals surface area contributed by atoms with Crippen LogP contribution in [0.25, 0.3) is 10.9 Å². The number of rotatable bonds is 1. The molecule has 1 heteroatoms. The highest BCUT2D eigenvalue weighted by molar-refractivity contribution is 5.86. The first-order valence-corrected chi connectivity index (χ1v) is 6.16. The van der Waals surface area contributed by atoms with Gasteiger partial charge in [0.15, 0.2) is 0 Å². The van der Waals surface area contributed by atoms with Crippen LogP contribution in [0, 0.1) is 6.92 Å². The fourth-order valence-electron chi connectivity index (χ4n) is 2.14. The first-order chi connectivity index (χ1) is 7.61. The smallest absolute Gasteiger partial charge is 0.0510 e. The molecule has 1 heterocycles. The standard InChI is InChI=1S/C13H17N.C2H6/c1-9(2)11-6-5-10(3)13-12(11)7-8-14(13)4;1-2/h5-9H,1-4H3;1-2H3. The van der Waals surface area contributed by atoms with Crippen LogP contribution in [0.3, 0.4) is 0 Å². The van der Waals surface area contributed by atoms with Gasteiger partial charge in [0.05, 0.1) is 5.52 Å². The molecule has 0 radical (unpaired) electrons. The van der Waals surface area contributed by atoms with Crippen LogP contribution in [0.1, 0.15) is 44.7 Å². The van der Waals surface area contributed by atoms with E-state index in [9.17, 15) is 0 Å². The van der Waals surface area contributed by atoms with Gasteiger partial charge in [-0.1, -0.05) is 39.8 Å². The Balaban J connectivity index is 0.000000606. The number of hydrogen-bond donors (Lipinski definition) is 0. The fourth-order valence-corrected chi connectivity index (χ4v) is 2.14. The summed E-state index contributed by atoms with van der Waals surface area (Å²) >= 11 is 0. The van der Waals surface area contributed by atoms with Crippen molar-refractivity contribution < 1.29 is 0 Å². The van der Waals surface area contributed by atoms with Gasteiger partial charge in [-0.05, 0) is 30.0 Å². The van der Waals surface area contributed by atoms with Crippen molar-refractivity contribution in [2.45, 2.75) is 40.5 Å². The molecule has 16 heavy (non-hydrogen) atoms. The summed E-state index contributed by atoms with van der Waals surface area (Å²) in [5.74, 6) is 0.598. The van der Waals surface area contributed by atoms with Crippen LogP contribution in [0.5, 0.6) is 0 Å². The second kappa shape index (κ2) is 5.20. The summed E-state index contributed by atoms with van der Waals surface area (Å²) in [4.78, 5) is 0. The quantitative estimate of drug-likeness (QED) is 0.656. The Morgan fingerprint density at radius 3 is 2.25 bits per heavy atom. The molecule has 88 valence electrons. The lowest BCUT2D eigenvalue weighted by atomic mass is 9.97. The number of nitrogens with zero attached hydrogens (tertiary/aromatic N) is 1. The molecule has 1 aromatic carbocycles. The summed E-state index contributed by atoms with van der Waals surface area (Å²) in [5.41, 5.74) is 4.18. The highest BCUT2D eigenvalue weighted by Crippen LogP contribution is 2.28. The molecule has 0 N–H and O–H groups in total. The van der Waals surface area contributed by atoms with Gasteiger partial charge in [0.25, 0.3) is 0 Å². The van der Waals surface area contributed by atoms with Gasteiger partial charge in [0.2, 0.25) is 0 Å². The largest absolute Gasteiger partial charge is 0.350 e. The molecule has 1 nitrogen and oxygen atoms in total. The third-order valence-electron chi connectivity index (χ3n) is 2.89. The van der Waals surface area contributed by atoms with Crippen LogP contribution in [-0.2, 0) is 7.05 Å². The van der Waals surface area contributed by atoms with Crippen LogP contribution in [0.15, 0.2) is 24.4 Å².